The summed E-state index contributed by atoms with van der Waals surface area (Å²) >= 11 is 0. The number of hydrogen-bond donors (Lipinski definition) is 3. The zero-order chi connectivity index (χ0) is 20.8. The molecule has 0 bridgehead atoms. The standard InChI is InChI=1S/C22H22FN3O3/c1-12-7-13(5-6-18(12)23)14-3-4-15-9-17(10-16(15)8-14)24-19(27)11-22(2)20(28)25-21(29)26-22/h3-8,17H,9-11H2,1-2H3,(H,24,27)(H2,25,26,28,29). The first-order chi connectivity index (χ1) is 13.7. The van der Waals surface area contributed by atoms with E-state index >= 15 is 0 Å². The van der Waals surface area contributed by atoms with Gasteiger partial charge in [-0.25, -0.2) is 9.18 Å². The molecule has 0 saturated carbocycles. The fourth-order valence-electron chi connectivity index (χ4n) is 4.03. The van der Waals surface area contributed by atoms with Crippen LogP contribution in [-0.4, -0.2) is 29.4 Å². The number of hydrogen-bond acceptors (Lipinski definition) is 3. The third kappa shape index (κ3) is 3.72. The van der Waals surface area contributed by atoms with Crippen LogP contribution in [-0.2, 0) is 22.4 Å². The fraction of sp³-hybridized carbons (Fsp3) is 0.318. The minimum atomic E-state index is -1.22. The van der Waals surface area contributed by atoms with Crippen molar-refractivity contribution in [1.82, 2.24) is 16.0 Å². The van der Waals surface area contributed by atoms with Crippen molar-refractivity contribution in [3.05, 3.63) is 58.9 Å². The van der Waals surface area contributed by atoms with Crippen molar-refractivity contribution in [3.8, 4) is 11.1 Å². The van der Waals surface area contributed by atoms with E-state index in [1.165, 1.54) is 13.0 Å². The van der Waals surface area contributed by atoms with Crippen molar-refractivity contribution in [1.29, 1.82) is 0 Å². The van der Waals surface area contributed by atoms with E-state index in [-0.39, 0.29) is 24.2 Å². The number of nitrogens with one attached hydrogen (secondary N) is 3. The average molecular weight is 395 g/mol. The van der Waals surface area contributed by atoms with Crippen molar-refractivity contribution in [2.75, 3.05) is 0 Å². The first-order valence-corrected chi connectivity index (χ1v) is 9.55. The first-order valence-electron chi connectivity index (χ1n) is 9.55. The van der Waals surface area contributed by atoms with Crippen LogP contribution in [0, 0.1) is 12.7 Å². The topological polar surface area (TPSA) is 87.3 Å². The second kappa shape index (κ2) is 6.99. The average Bonchev–Trinajstić information content (AvgIpc) is 3.15. The molecule has 4 rings (SSSR count). The molecule has 1 aliphatic carbocycles. The summed E-state index contributed by atoms with van der Waals surface area (Å²) in [7, 11) is 0. The smallest absolute Gasteiger partial charge is 0.322 e. The summed E-state index contributed by atoms with van der Waals surface area (Å²) in [4.78, 5) is 35.7. The van der Waals surface area contributed by atoms with Crippen LogP contribution >= 0.6 is 0 Å². The van der Waals surface area contributed by atoms with Gasteiger partial charge in [-0.05, 0) is 66.6 Å². The van der Waals surface area contributed by atoms with Crippen LogP contribution in [0.4, 0.5) is 9.18 Å². The lowest BCUT2D eigenvalue weighted by Crippen LogP contribution is -2.49. The zero-order valence-electron chi connectivity index (χ0n) is 16.3. The number of amides is 4. The van der Waals surface area contributed by atoms with E-state index in [2.05, 4.69) is 22.0 Å². The molecule has 1 saturated heterocycles. The van der Waals surface area contributed by atoms with Gasteiger partial charge in [-0.1, -0.05) is 24.3 Å². The Morgan fingerprint density at radius 2 is 1.83 bits per heavy atom. The second-order valence-corrected chi connectivity index (χ2v) is 8.04. The summed E-state index contributed by atoms with van der Waals surface area (Å²) in [6.07, 6.45) is 1.28. The number of imide groups is 1. The highest BCUT2D eigenvalue weighted by molar-refractivity contribution is 6.08. The summed E-state index contributed by atoms with van der Waals surface area (Å²) in [6.45, 7) is 3.28. The Morgan fingerprint density at radius 3 is 2.52 bits per heavy atom. The molecule has 1 aliphatic heterocycles. The highest BCUT2D eigenvalue weighted by atomic mass is 19.1. The van der Waals surface area contributed by atoms with E-state index in [1.807, 2.05) is 18.2 Å². The van der Waals surface area contributed by atoms with Crippen molar-refractivity contribution >= 4 is 17.8 Å². The molecule has 0 radical (unpaired) electrons. The molecule has 0 spiro atoms. The molecule has 7 heteroatoms. The number of fused-ring (bicyclic) bond motifs is 1. The molecule has 2 aliphatic rings. The molecule has 2 atom stereocenters. The first kappa shape index (κ1) is 19.1. The number of benzene rings is 2. The van der Waals surface area contributed by atoms with Crippen molar-refractivity contribution in [2.45, 2.75) is 44.7 Å². The van der Waals surface area contributed by atoms with E-state index in [9.17, 15) is 18.8 Å². The summed E-state index contributed by atoms with van der Waals surface area (Å²) < 4.78 is 13.5. The molecule has 2 aromatic rings. The SMILES string of the molecule is Cc1cc(-c2ccc3c(c2)CC(NC(=O)CC2(C)NC(=O)NC2=O)C3)ccc1F. The summed E-state index contributed by atoms with van der Waals surface area (Å²) in [6, 6.07) is 10.6. The molecule has 4 amide bonds. The highest BCUT2D eigenvalue weighted by Gasteiger charge is 2.43. The number of aryl methyl sites for hydroxylation is 1. The predicted molar refractivity (Wildman–Crippen MR) is 106 cm³/mol. The molecule has 6 nitrogen and oxygen atoms in total. The molecule has 150 valence electrons. The van der Waals surface area contributed by atoms with Crippen LogP contribution in [0.15, 0.2) is 36.4 Å². The molecule has 2 aromatic carbocycles. The van der Waals surface area contributed by atoms with Gasteiger partial charge in [-0.3, -0.25) is 14.9 Å². The maximum absolute atomic E-state index is 13.5. The number of carbonyl (C=O) groups excluding carboxylic acids is 3. The van der Waals surface area contributed by atoms with Crippen LogP contribution in [0.2, 0.25) is 0 Å². The minimum Gasteiger partial charge on any atom is -0.353 e. The normalized spacial score (nSPS) is 22.8. The van der Waals surface area contributed by atoms with Crippen LogP contribution in [0.3, 0.4) is 0 Å². The third-order valence-electron chi connectivity index (χ3n) is 5.63. The lowest BCUT2D eigenvalue weighted by molar-refractivity contribution is -0.129. The summed E-state index contributed by atoms with van der Waals surface area (Å²) in [5, 5.41) is 7.63. The summed E-state index contributed by atoms with van der Waals surface area (Å²) in [5.41, 5.74) is 3.65. The molecule has 0 aromatic heterocycles. The van der Waals surface area contributed by atoms with Crippen LogP contribution in [0.25, 0.3) is 11.1 Å². The van der Waals surface area contributed by atoms with Gasteiger partial charge < -0.3 is 10.6 Å². The van der Waals surface area contributed by atoms with Gasteiger partial charge in [-0.2, -0.15) is 0 Å². The quantitative estimate of drug-likeness (QED) is 0.695. The summed E-state index contributed by atoms with van der Waals surface area (Å²) in [5.74, 6) is -0.998. The van der Waals surface area contributed by atoms with E-state index in [0.717, 1.165) is 22.3 Å². The Bertz CT molecular complexity index is 1040. The largest absolute Gasteiger partial charge is 0.353 e. The van der Waals surface area contributed by atoms with E-state index in [0.29, 0.717) is 18.4 Å². The molecule has 1 fully saturated rings. The van der Waals surface area contributed by atoms with E-state index in [1.54, 1.807) is 13.0 Å². The molecular formula is C22H22FN3O3. The van der Waals surface area contributed by atoms with Crippen molar-refractivity contribution in [2.24, 2.45) is 0 Å². The Hall–Kier alpha value is -3.22. The van der Waals surface area contributed by atoms with Gasteiger partial charge >= 0.3 is 6.03 Å². The maximum Gasteiger partial charge on any atom is 0.322 e. The molecule has 1 heterocycles. The predicted octanol–water partition coefficient (Wildman–Crippen LogP) is 2.37. The zero-order valence-corrected chi connectivity index (χ0v) is 16.3. The van der Waals surface area contributed by atoms with Gasteiger partial charge in [0.05, 0.1) is 6.42 Å². The number of urea groups is 1. The van der Waals surface area contributed by atoms with Gasteiger partial charge in [-0.15, -0.1) is 0 Å². The fourth-order valence-corrected chi connectivity index (χ4v) is 4.03. The van der Waals surface area contributed by atoms with Gasteiger partial charge in [0.1, 0.15) is 11.4 Å². The monoisotopic (exact) mass is 395 g/mol. The molecule has 2 unspecified atom stereocenters. The van der Waals surface area contributed by atoms with E-state index in [4.69, 9.17) is 0 Å². The van der Waals surface area contributed by atoms with Gasteiger partial charge in [0, 0.05) is 6.04 Å². The van der Waals surface area contributed by atoms with E-state index < -0.39 is 17.5 Å². The molecule has 29 heavy (non-hydrogen) atoms. The van der Waals surface area contributed by atoms with Crippen LogP contribution in [0.1, 0.15) is 30.0 Å². The molecule has 3 N–H and O–H groups in total. The van der Waals surface area contributed by atoms with Crippen LogP contribution in [0.5, 0.6) is 0 Å². The van der Waals surface area contributed by atoms with Crippen molar-refractivity contribution < 1.29 is 18.8 Å². The van der Waals surface area contributed by atoms with Gasteiger partial charge in [0.2, 0.25) is 5.91 Å². The maximum atomic E-state index is 13.5. The Morgan fingerprint density at radius 1 is 1.14 bits per heavy atom. The number of carbonyl (C=O) groups is 3. The lowest BCUT2D eigenvalue weighted by Gasteiger charge is -2.21. The lowest BCUT2D eigenvalue weighted by atomic mass is 9.97. The Labute approximate surface area is 167 Å². The number of halogens is 1. The second-order valence-electron chi connectivity index (χ2n) is 8.04. The number of rotatable bonds is 4. The Balaban J connectivity index is 1.42. The Kier molecular flexibility index (Phi) is 4.61. The molecular weight excluding hydrogens is 373 g/mol. The third-order valence-corrected chi connectivity index (χ3v) is 5.63. The van der Waals surface area contributed by atoms with Gasteiger partial charge in [0.15, 0.2) is 0 Å². The van der Waals surface area contributed by atoms with Crippen LogP contribution < -0.4 is 16.0 Å². The minimum absolute atomic E-state index is 0.0635. The van der Waals surface area contributed by atoms with Crippen molar-refractivity contribution in [3.63, 3.8) is 0 Å². The highest BCUT2D eigenvalue weighted by Crippen LogP contribution is 2.29. The van der Waals surface area contributed by atoms with Gasteiger partial charge in [0.25, 0.3) is 5.91 Å².